The number of hydrogen-bond acceptors (Lipinski definition) is 4. The number of carbonyl (C=O) groups is 1. The van der Waals surface area contributed by atoms with Crippen LogP contribution in [-0.4, -0.2) is 20.1 Å². The summed E-state index contributed by atoms with van der Waals surface area (Å²) >= 11 is 0. The van der Waals surface area contributed by atoms with Crippen LogP contribution < -0.4 is 14.8 Å². The van der Waals surface area contributed by atoms with Crippen LogP contribution in [0.3, 0.4) is 0 Å². The Labute approximate surface area is 170 Å². The van der Waals surface area contributed by atoms with Crippen LogP contribution in [0.2, 0.25) is 0 Å². The van der Waals surface area contributed by atoms with E-state index in [4.69, 9.17) is 9.47 Å². The summed E-state index contributed by atoms with van der Waals surface area (Å²) in [4.78, 5) is 12.7. The lowest BCUT2D eigenvalue weighted by Gasteiger charge is -2.11. The van der Waals surface area contributed by atoms with Crippen molar-refractivity contribution in [3.05, 3.63) is 71.3 Å². The van der Waals surface area contributed by atoms with Crippen molar-refractivity contribution in [1.29, 1.82) is 5.26 Å². The second-order valence-corrected chi connectivity index (χ2v) is 6.44. The van der Waals surface area contributed by atoms with Gasteiger partial charge in [-0.2, -0.15) is 5.26 Å². The van der Waals surface area contributed by atoms with Gasteiger partial charge in [0.05, 0.1) is 14.2 Å². The summed E-state index contributed by atoms with van der Waals surface area (Å²) in [5.41, 5.74) is 2.45. The van der Waals surface area contributed by atoms with Crippen molar-refractivity contribution in [2.24, 2.45) is 0 Å². The molecule has 3 aromatic rings. The molecule has 0 atom stereocenters. The van der Waals surface area contributed by atoms with Crippen LogP contribution >= 0.6 is 0 Å². The summed E-state index contributed by atoms with van der Waals surface area (Å²) in [6, 6.07) is 18.9. The Morgan fingerprint density at radius 1 is 1.07 bits per heavy atom. The van der Waals surface area contributed by atoms with Gasteiger partial charge in [-0.25, -0.2) is 0 Å². The first-order valence-electron chi connectivity index (χ1n) is 9.26. The number of fused-ring (bicyclic) bond motifs is 1. The minimum absolute atomic E-state index is 0.0156. The minimum atomic E-state index is -0.473. The molecule has 0 aliphatic heterocycles. The van der Waals surface area contributed by atoms with E-state index in [1.807, 2.05) is 60.7 Å². The van der Waals surface area contributed by atoms with Gasteiger partial charge in [-0.15, -0.1) is 0 Å². The molecule has 0 fully saturated rings. The molecule has 0 radical (unpaired) electrons. The van der Waals surface area contributed by atoms with E-state index in [1.165, 1.54) is 5.56 Å². The summed E-state index contributed by atoms with van der Waals surface area (Å²) in [5.74, 6) is 0.775. The van der Waals surface area contributed by atoms with Crippen LogP contribution in [0.1, 0.15) is 18.1 Å². The molecule has 1 amide bonds. The van der Waals surface area contributed by atoms with E-state index in [0.29, 0.717) is 22.7 Å². The molecule has 29 heavy (non-hydrogen) atoms. The Bertz CT molecular complexity index is 1100. The van der Waals surface area contributed by atoms with Crippen molar-refractivity contribution in [2.45, 2.75) is 13.3 Å². The second-order valence-electron chi connectivity index (χ2n) is 6.44. The van der Waals surface area contributed by atoms with E-state index in [-0.39, 0.29) is 5.57 Å². The number of methoxy groups -OCH3 is 2. The van der Waals surface area contributed by atoms with Gasteiger partial charge < -0.3 is 14.8 Å². The summed E-state index contributed by atoms with van der Waals surface area (Å²) < 4.78 is 10.8. The van der Waals surface area contributed by atoms with Crippen LogP contribution in [0.5, 0.6) is 11.5 Å². The number of hydrogen-bond donors (Lipinski definition) is 1. The number of nitrogens with one attached hydrogen (secondary N) is 1. The molecule has 0 heterocycles. The average molecular weight is 386 g/mol. The first-order chi connectivity index (χ1) is 14.1. The van der Waals surface area contributed by atoms with E-state index < -0.39 is 5.91 Å². The molecular formula is C24H22N2O3. The van der Waals surface area contributed by atoms with Crippen LogP contribution in [0.4, 0.5) is 5.69 Å². The zero-order valence-electron chi connectivity index (χ0n) is 16.7. The molecule has 0 spiro atoms. The fourth-order valence-corrected chi connectivity index (χ4v) is 3.07. The van der Waals surface area contributed by atoms with Gasteiger partial charge in [0, 0.05) is 11.3 Å². The van der Waals surface area contributed by atoms with Crippen molar-refractivity contribution in [1.82, 2.24) is 0 Å². The van der Waals surface area contributed by atoms with Crippen molar-refractivity contribution in [3.63, 3.8) is 0 Å². The molecule has 3 aromatic carbocycles. The van der Waals surface area contributed by atoms with Crippen molar-refractivity contribution in [3.8, 4) is 17.6 Å². The monoisotopic (exact) mass is 386 g/mol. The first-order valence-corrected chi connectivity index (χ1v) is 9.26. The van der Waals surface area contributed by atoms with Gasteiger partial charge in [-0.3, -0.25) is 4.79 Å². The van der Waals surface area contributed by atoms with Crippen molar-refractivity contribution in [2.75, 3.05) is 19.5 Å². The number of rotatable bonds is 6. The van der Waals surface area contributed by atoms with Gasteiger partial charge in [0.1, 0.15) is 23.1 Å². The standard InChI is InChI=1S/C24H22N2O3/c1-4-16-5-9-19(10-6-16)26-24(27)18(15-25)13-22-21-14-20(28-2)11-7-17(21)8-12-23(22)29-3/h5-14H,4H2,1-3H3,(H,26,27)/b18-13+. The lowest BCUT2D eigenvalue weighted by molar-refractivity contribution is -0.112. The van der Waals surface area contributed by atoms with E-state index in [1.54, 1.807) is 20.3 Å². The third kappa shape index (κ3) is 4.39. The Kier molecular flexibility index (Phi) is 6.16. The molecular weight excluding hydrogens is 364 g/mol. The SMILES string of the molecule is CCc1ccc(NC(=O)/C(C#N)=C/c2c(OC)ccc3ccc(OC)cc23)cc1. The zero-order valence-corrected chi connectivity index (χ0v) is 16.7. The largest absolute Gasteiger partial charge is 0.497 e. The number of benzene rings is 3. The number of amides is 1. The Balaban J connectivity index is 2.02. The second kappa shape index (κ2) is 8.94. The highest BCUT2D eigenvalue weighted by Crippen LogP contribution is 2.32. The quantitative estimate of drug-likeness (QED) is 0.480. The molecule has 0 aromatic heterocycles. The van der Waals surface area contributed by atoms with Crippen LogP contribution in [-0.2, 0) is 11.2 Å². The summed E-state index contributed by atoms with van der Waals surface area (Å²) in [6.07, 6.45) is 2.47. The van der Waals surface area contributed by atoms with E-state index >= 15 is 0 Å². The van der Waals surface area contributed by atoms with E-state index in [2.05, 4.69) is 12.2 Å². The van der Waals surface area contributed by atoms with Crippen LogP contribution in [0.25, 0.3) is 16.8 Å². The predicted molar refractivity (Wildman–Crippen MR) is 115 cm³/mol. The van der Waals surface area contributed by atoms with Crippen LogP contribution in [0.15, 0.2) is 60.2 Å². The predicted octanol–water partition coefficient (Wildman–Crippen LogP) is 4.97. The third-order valence-electron chi connectivity index (χ3n) is 4.72. The number of carbonyl (C=O) groups excluding carboxylic acids is 1. The fourth-order valence-electron chi connectivity index (χ4n) is 3.07. The Morgan fingerprint density at radius 2 is 1.79 bits per heavy atom. The zero-order chi connectivity index (χ0) is 20.8. The smallest absolute Gasteiger partial charge is 0.266 e. The molecule has 5 heteroatoms. The maximum Gasteiger partial charge on any atom is 0.266 e. The van der Waals surface area contributed by atoms with Gasteiger partial charge in [-0.05, 0) is 59.2 Å². The molecule has 146 valence electrons. The number of nitrogens with zero attached hydrogens (tertiary/aromatic N) is 1. The Morgan fingerprint density at radius 3 is 2.41 bits per heavy atom. The fraction of sp³-hybridized carbons (Fsp3) is 0.167. The molecule has 0 saturated heterocycles. The van der Waals surface area contributed by atoms with Crippen molar-refractivity contribution < 1.29 is 14.3 Å². The summed E-state index contributed by atoms with van der Waals surface area (Å²) in [7, 11) is 3.15. The molecule has 0 saturated carbocycles. The first kappa shape index (κ1) is 20.0. The Hall–Kier alpha value is -3.78. The van der Waals surface area contributed by atoms with Gasteiger partial charge in [-0.1, -0.05) is 31.2 Å². The highest BCUT2D eigenvalue weighted by Gasteiger charge is 2.14. The lowest BCUT2D eigenvalue weighted by Crippen LogP contribution is -2.13. The highest BCUT2D eigenvalue weighted by atomic mass is 16.5. The molecule has 3 rings (SSSR count). The molecule has 0 bridgehead atoms. The maximum absolute atomic E-state index is 12.7. The van der Waals surface area contributed by atoms with E-state index in [9.17, 15) is 10.1 Å². The van der Waals surface area contributed by atoms with Crippen molar-refractivity contribution >= 4 is 28.4 Å². The topological polar surface area (TPSA) is 71.4 Å². The third-order valence-corrected chi connectivity index (χ3v) is 4.72. The normalized spacial score (nSPS) is 11.0. The number of nitriles is 1. The molecule has 5 nitrogen and oxygen atoms in total. The van der Waals surface area contributed by atoms with Gasteiger partial charge in [0.25, 0.3) is 5.91 Å². The molecule has 0 aliphatic carbocycles. The molecule has 0 unspecified atom stereocenters. The van der Waals surface area contributed by atoms with Gasteiger partial charge in [0.15, 0.2) is 0 Å². The number of anilines is 1. The molecule has 1 N–H and O–H groups in total. The van der Waals surface area contributed by atoms with Gasteiger partial charge in [0.2, 0.25) is 0 Å². The average Bonchev–Trinajstić information content (AvgIpc) is 2.77. The summed E-state index contributed by atoms with van der Waals surface area (Å²) in [5, 5.41) is 14.2. The maximum atomic E-state index is 12.7. The summed E-state index contributed by atoms with van der Waals surface area (Å²) in [6.45, 7) is 2.07. The minimum Gasteiger partial charge on any atom is -0.497 e. The number of ether oxygens (including phenoxy) is 2. The lowest BCUT2D eigenvalue weighted by atomic mass is 10.0. The van der Waals surface area contributed by atoms with Gasteiger partial charge >= 0.3 is 0 Å². The van der Waals surface area contributed by atoms with E-state index in [0.717, 1.165) is 17.2 Å². The molecule has 0 aliphatic rings. The number of aryl methyl sites for hydroxylation is 1. The van der Waals surface area contributed by atoms with Crippen LogP contribution in [0, 0.1) is 11.3 Å². The highest BCUT2D eigenvalue weighted by molar-refractivity contribution is 6.11.